The summed E-state index contributed by atoms with van der Waals surface area (Å²) in [6.45, 7) is 2.69. The van der Waals surface area contributed by atoms with Crippen molar-refractivity contribution in [3.63, 3.8) is 0 Å². The molecular formula is C9H12ClN3O2S. The van der Waals surface area contributed by atoms with Crippen LogP contribution in [-0.2, 0) is 9.84 Å². The molecule has 0 saturated carbocycles. The number of aryl methyl sites for hydroxylation is 1. The molecule has 0 atom stereocenters. The van der Waals surface area contributed by atoms with Crippen molar-refractivity contribution in [2.24, 2.45) is 0 Å². The van der Waals surface area contributed by atoms with E-state index in [-0.39, 0.29) is 11.5 Å². The van der Waals surface area contributed by atoms with Crippen molar-refractivity contribution < 1.29 is 8.42 Å². The minimum absolute atomic E-state index is 0.174. The van der Waals surface area contributed by atoms with Gasteiger partial charge in [0.25, 0.3) is 0 Å². The molecule has 0 amide bonds. The summed E-state index contributed by atoms with van der Waals surface area (Å²) in [7, 11) is -2.86. The standard InChI is InChI=1S/C9H12ClN3O2S/c1-7-11-8(10)6-9(12-7)13-2-4-16(14,15)5-3-13/h6H,2-5H2,1H3. The Morgan fingerprint density at radius 1 is 1.31 bits per heavy atom. The number of aromatic nitrogens is 2. The lowest BCUT2D eigenvalue weighted by atomic mass is 10.4. The minimum atomic E-state index is -2.86. The van der Waals surface area contributed by atoms with Gasteiger partial charge in [-0.3, -0.25) is 0 Å². The third kappa shape index (κ3) is 2.62. The van der Waals surface area contributed by atoms with E-state index in [4.69, 9.17) is 11.6 Å². The van der Waals surface area contributed by atoms with Gasteiger partial charge >= 0.3 is 0 Å². The number of rotatable bonds is 1. The van der Waals surface area contributed by atoms with Gasteiger partial charge in [0, 0.05) is 19.2 Å². The second-order valence-corrected chi connectivity index (χ2v) is 6.43. The number of sulfone groups is 1. The summed E-state index contributed by atoms with van der Waals surface area (Å²) in [6.07, 6.45) is 0. The van der Waals surface area contributed by atoms with E-state index in [0.29, 0.717) is 29.9 Å². The van der Waals surface area contributed by atoms with Crippen LogP contribution in [-0.4, -0.2) is 43.0 Å². The minimum Gasteiger partial charge on any atom is -0.354 e. The number of hydrogen-bond acceptors (Lipinski definition) is 5. The van der Waals surface area contributed by atoms with Crippen LogP contribution in [0.2, 0.25) is 5.15 Å². The molecular weight excluding hydrogens is 250 g/mol. The topological polar surface area (TPSA) is 63.2 Å². The van der Waals surface area contributed by atoms with Gasteiger partial charge in [0.15, 0.2) is 9.84 Å². The lowest BCUT2D eigenvalue weighted by Gasteiger charge is -2.27. The summed E-state index contributed by atoms with van der Waals surface area (Å²) < 4.78 is 22.6. The number of anilines is 1. The Labute approximate surface area is 99.4 Å². The van der Waals surface area contributed by atoms with Crippen molar-refractivity contribution >= 4 is 27.3 Å². The maximum absolute atomic E-state index is 11.3. The Morgan fingerprint density at radius 3 is 2.50 bits per heavy atom. The first-order valence-electron chi connectivity index (χ1n) is 4.93. The second-order valence-electron chi connectivity index (χ2n) is 3.73. The van der Waals surface area contributed by atoms with E-state index in [1.165, 1.54) is 0 Å². The summed E-state index contributed by atoms with van der Waals surface area (Å²) in [6, 6.07) is 1.66. The van der Waals surface area contributed by atoms with E-state index in [9.17, 15) is 8.42 Å². The fraction of sp³-hybridized carbons (Fsp3) is 0.556. The summed E-state index contributed by atoms with van der Waals surface area (Å²) in [5, 5.41) is 0.385. The van der Waals surface area contributed by atoms with Crippen LogP contribution >= 0.6 is 11.6 Å². The summed E-state index contributed by atoms with van der Waals surface area (Å²) in [4.78, 5) is 10.1. The molecule has 1 aromatic rings. The van der Waals surface area contributed by atoms with Gasteiger partial charge in [-0.05, 0) is 6.92 Å². The Kier molecular flexibility index (Phi) is 3.03. The van der Waals surface area contributed by atoms with Crippen molar-refractivity contribution in [3.05, 3.63) is 17.0 Å². The maximum Gasteiger partial charge on any atom is 0.153 e. The highest BCUT2D eigenvalue weighted by molar-refractivity contribution is 7.91. The molecule has 16 heavy (non-hydrogen) atoms. The van der Waals surface area contributed by atoms with Crippen LogP contribution in [0.3, 0.4) is 0 Å². The normalized spacial score (nSPS) is 19.8. The molecule has 0 unspecified atom stereocenters. The van der Waals surface area contributed by atoms with Crippen LogP contribution in [0.5, 0.6) is 0 Å². The fourth-order valence-corrected chi connectivity index (χ4v) is 3.04. The molecule has 2 heterocycles. The zero-order chi connectivity index (χ0) is 11.8. The highest BCUT2D eigenvalue weighted by atomic mass is 35.5. The number of hydrogen-bond donors (Lipinski definition) is 0. The fourth-order valence-electron chi connectivity index (χ4n) is 1.62. The molecule has 2 rings (SSSR count). The molecule has 88 valence electrons. The van der Waals surface area contributed by atoms with Crippen LogP contribution in [0.25, 0.3) is 0 Å². The number of nitrogens with zero attached hydrogens (tertiary/aromatic N) is 3. The highest BCUT2D eigenvalue weighted by Crippen LogP contribution is 2.18. The van der Waals surface area contributed by atoms with E-state index in [1.54, 1.807) is 13.0 Å². The molecule has 0 aromatic carbocycles. The van der Waals surface area contributed by atoms with Crippen molar-refractivity contribution in [2.75, 3.05) is 29.5 Å². The van der Waals surface area contributed by atoms with Gasteiger partial charge in [0.05, 0.1) is 11.5 Å². The molecule has 1 aromatic heterocycles. The Balaban J connectivity index is 2.20. The average Bonchev–Trinajstić information content (AvgIpc) is 2.15. The van der Waals surface area contributed by atoms with Crippen molar-refractivity contribution in [1.29, 1.82) is 0 Å². The molecule has 1 aliphatic heterocycles. The zero-order valence-corrected chi connectivity index (χ0v) is 10.4. The van der Waals surface area contributed by atoms with E-state index in [2.05, 4.69) is 9.97 Å². The lowest BCUT2D eigenvalue weighted by Crippen LogP contribution is -2.40. The van der Waals surface area contributed by atoms with Gasteiger partial charge in [-0.2, -0.15) is 0 Å². The van der Waals surface area contributed by atoms with Gasteiger partial charge in [-0.25, -0.2) is 18.4 Å². The summed E-state index contributed by atoms with van der Waals surface area (Å²) in [5.41, 5.74) is 0. The molecule has 1 fully saturated rings. The zero-order valence-electron chi connectivity index (χ0n) is 8.85. The van der Waals surface area contributed by atoms with Crippen LogP contribution < -0.4 is 4.90 Å². The summed E-state index contributed by atoms with van der Waals surface area (Å²) in [5.74, 6) is 1.64. The second kappa shape index (κ2) is 4.18. The molecule has 1 aliphatic rings. The molecule has 0 radical (unpaired) electrons. The average molecular weight is 262 g/mol. The Hall–Kier alpha value is -0.880. The van der Waals surface area contributed by atoms with Crippen LogP contribution in [0.1, 0.15) is 5.82 Å². The summed E-state index contributed by atoms with van der Waals surface area (Å²) >= 11 is 5.83. The molecule has 0 spiro atoms. The monoisotopic (exact) mass is 261 g/mol. The first-order valence-corrected chi connectivity index (χ1v) is 7.13. The van der Waals surface area contributed by atoms with Gasteiger partial charge in [-0.1, -0.05) is 11.6 Å². The third-order valence-electron chi connectivity index (χ3n) is 2.46. The molecule has 7 heteroatoms. The van der Waals surface area contributed by atoms with Crippen molar-refractivity contribution in [2.45, 2.75) is 6.92 Å². The van der Waals surface area contributed by atoms with Gasteiger partial charge in [-0.15, -0.1) is 0 Å². The van der Waals surface area contributed by atoms with Crippen molar-refractivity contribution in [3.8, 4) is 0 Å². The molecule has 0 bridgehead atoms. The predicted molar refractivity (Wildman–Crippen MR) is 62.6 cm³/mol. The van der Waals surface area contributed by atoms with Crippen molar-refractivity contribution in [1.82, 2.24) is 9.97 Å². The predicted octanol–water partition coefficient (Wildman–Crippen LogP) is 0.673. The van der Waals surface area contributed by atoms with Crippen LogP contribution in [0.4, 0.5) is 5.82 Å². The third-order valence-corrected chi connectivity index (χ3v) is 4.26. The number of halogens is 1. The lowest BCUT2D eigenvalue weighted by molar-refractivity contribution is 0.586. The molecule has 5 nitrogen and oxygen atoms in total. The molecule has 1 saturated heterocycles. The van der Waals surface area contributed by atoms with E-state index in [1.807, 2.05) is 4.90 Å². The van der Waals surface area contributed by atoms with Crippen LogP contribution in [0.15, 0.2) is 6.07 Å². The molecule has 0 N–H and O–H groups in total. The van der Waals surface area contributed by atoms with Crippen LogP contribution in [0, 0.1) is 6.92 Å². The Morgan fingerprint density at radius 2 is 1.94 bits per heavy atom. The first kappa shape index (κ1) is 11.6. The first-order chi connectivity index (χ1) is 7.46. The SMILES string of the molecule is Cc1nc(Cl)cc(N2CCS(=O)(=O)CC2)n1. The maximum atomic E-state index is 11.3. The van der Waals surface area contributed by atoms with Gasteiger partial charge < -0.3 is 4.90 Å². The molecule has 0 aliphatic carbocycles. The van der Waals surface area contributed by atoms with E-state index < -0.39 is 9.84 Å². The van der Waals surface area contributed by atoms with Gasteiger partial charge in [0.2, 0.25) is 0 Å². The van der Waals surface area contributed by atoms with E-state index in [0.717, 1.165) is 0 Å². The van der Waals surface area contributed by atoms with E-state index >= 15 is 0 Å². The largest absolute Gasteiger partial charge is 0.354 e. The quantitative estimate of drug-likeness (QED) is 0.696. The highest BCUT2D eigenvalue weighted by Gasteiger charge is 2.22. The Bertz CT molecular complexity index is 469. The smallest absolute Gasteiger partial charge is 0.153 e. The van der Waals surface area contributed by atoms with Gasteiger partial charge in [0.1, 0.15) is 16.8 Å².